The average molecular weight is 373 g/mol. The first-order valence-corrected chi connectivity index (χ1v) is 9.76. The fraction of sp³-hybridized carbons (Fsp3) is 0.300. The van der Waals surface area contributed by atoms with Gasteiger partial charge in [0.2, 0.25) is 0 Å². The Bertz CT molecular complexity index is 747. The van der Waals surface area contributed by atoms with E-state index in [0.29, 0.717) is 24.4 Å². The van der Waals surface area contributed by atoms with Crippen LogP contribution in [0.1, 0.15) is 22.8 Å². The van der Waals surface area contributed by atoms with Gasteiger partial charge >= 0.3 is 5.97 Å². The van der Waals surface area contributed by atoms with Gasteiger partial charge in [0, 0.05) is 10.5 Å². The molecule has 2 aromatic carbocycles. The number of anilines is 1. The molecular weight excluding hydrogens is 348 g/mol. The molecule has 0 spiro atoms. The second-order valence-electron chi connectivity index (χ2n) is 5.97. The van der Waals surface area contributed by atoms with Crippen LogP contribution in [0.5, 0.6) is 0 Å². The smallest absolute Gasteiger partial charge is 0.340 e. The van der Waals surface area contributed by atoms with Crippen molar-refractivity contribution in [1.29, 1.82) is 0 Å². The number of ether oxygens (including phenoxy) is 1. The highest BCUT2D eigenvalue weighted by Crippen LogP contribution is 2.16. The van der Waals surface area contributed by atoms with E-state index >= 15 is 0 Å². The van der Waals surface area contributed by atoms with Gasteiger partial charge in [-0.15, -0.1) is 11.8 Å². The van der Waals surface area contributed by atoms with Crippen LogP contribution in [0, 0.1) is 0 Å². The van der Waals surface area contributed by atoms with E-state index in [1.54, 1.807) is 43.0 Å². The predicted octanol–water partition coefficient (Wildman–Crippen LogP) is 2.24. The maximum absolute atomic E-state index is 12.4. The van der Waals surface area contributed by atoms with Gasteiger partial charge in [-0.3, -0.25) is 4.79 Å². The number of esters is 1. The Kier molecular flexibility index (Phi) is 7.69. The van der Waals surface area contributed by atoms with E-state index in [9.17, 15) is 9.59 Å². The molecule has 2 aromatic rings. The van der Waals surface area contributed by atoms with E-state index in [2.05, 4.69) is 29.6 Å². The van der Waals surface area contributed by atoms with Crippen LogP contribution < -0.4 is 10.2 Å². The van der Waals surface area contributed by atoms with Gasteiger partial charge in [0.05, 0.1) is 24.9 Å². The molecule has 2 N–H and O–H groups in total. The fourth-order valence-electron chi connectivity index (χ4n) is 2.60. The largest absolute Gasteiger partial charge is 0.462 e. The first-order valence-electron chi connectivity index (χ1n) is 8.53. The molecule has 0 bridgehead atoms. The lowest BCUT2D eigenvalue weighted by Gasteiger charge is -2.15. The third-order valence-electron chi connectivity index (χ3n) is 3.82. The first-order chi connectivity index (χ1) is 12.5. The first kappa shape index (κ1) is 20.0. The maximum Gasteiger partial charge on any atom is 0.340 e. The minimum Gasteiger partial charge on any atom is -0.462 e. The zero-order valence-corrected chi connectivity index (χ0v) is 16.2. The quantitative estimate of drug-likeness (QED) is 0.550. The van der Waals surface area contributed by atoms with Gasteiger partial charge in [-0.25, -0.2) is 4.79 Å². The number of hydrogen-bond donors (Lipinski definition) is 2. The van der Waals surface area contributed by atoms with Gasteiger partial charge in [-0.05, 0) is 37.4 Å². The highest BCUT2D eigenvalue weighted by molar-refractivity contribution is 7.98. The molecule has 0 aliphatic rings. The molecule has 0 aliphatic heterocycles. The number of para-hydroxylation sites is 1. The van der Waals surface area contributed by atoms with Crippen LogP contribution in [0.25, 0.3) is 0 Å². The van der Waals surface area contributed by atoms with Gasteiger partial charge in [0.1, 0.15) is 6.54 Å². The Labute approximate surface area is 158 Å². The van der Waals surface area contributed by atoms with Crippen molar-refractivity contribution in [3.63, 3.8) is 0 Å². The monoisotopic (exact) mass is 373 g/mol. The molecule has 0 aliphatic carbocycles. The van der Waals surface area contributed by atoms with E-state index in [1.807, 2.05) is 13.3 Å². The summed E-state index contributed by atoms with van der Waals surface area (Å²) in [5.41, 5.74) is 2.03. The Morgan fingerprint density at radius 2 is 1.81 bits per heavy atom. The van der Waals surface area contributed by atoms with Crippen LogP contribution in [0.4, 0.5) is 5.69 Å². The lowest BCUT2D eigenvalue weighted by molar-refractivity contribution is -0.885. The number of nitrogens with one attached hydrogen (secondary N) is 2. The fourth-order valence-corrected chi connectivity index (χ4v) is 3.01. The molecule has 26 heavy (non-hydrogen) atoms. The number of hydrogen-bond acceptors (Lipinski definition) is 4. The maximum atomic E-state index is 12.4. The summed E-state index contributed by atoms with van der Waals surface area (Å²) in [4.78, 5) is 26.6. The summed E-state index contributed by atoms with van der Waals surface area (Å²) in [6, 6.07) is 15.2. The summed E-state index contributed by atoms with van der Waals surface area (Å²) >= 11 is 1.71. The standard InChI is InChI=1S/C20H24N2O3S/c1-4-25-20(24)17-7-5-6-8-18(17)21-19(23)14-22(2)13-15-9-11-16(26-3)12-10-15/h5-12H,4,13-14H2,1-3H3,(H,21,23)/p+1. The van der Waals surface area contributed by atoms with E-state index in [0.717, 1.165) is 11.4 Å². The summed E-state index contributed by atoms with van der Waals surface area (Å²) < 4.78 is 5.03. The highest BCUT2D eigenvalue weighted by Gasteiger charge is 2.16. The van der Waals surface area contributed by atoms with Crippen molar-refractivity contribution in [3.8, 4) is 0 Å². The Morgan fingerprint density at radius 3 is 2.46 bits per heavy atom. The number of carbonyl (C=O) groups is 2. The van der Waals surface area contributed by atoms with Gasteiger partial charge in [-0.1, -0.05) is 24.3 Å². The molecule has 0 radical (unpaired) electrons. The molecule has 0 aromatic heterocycles. The molecule has 6 heteroatoms. The molecule has 2 rings (SSSR count). The lowest BCUT2D eigenvalue weighted by atomic mass is 10.1. The van der Waals surface area contributed by atoms with E-state index in [-0.39, 0.29) is 5.91 Å². The number of carbonyl (C=O) groups excluding carboxylic acids is 2. The van der Waals surface area contributed by atoms with Crippen LogP contribution in [0.3, 0.4) is 0 Å². The van der Waals surface area contributed by atoms with Crippen LogP contribution in [-0.4, -0.2) is 38.3 Å². The summed E-state index contributed by atoms with van der Waals surface area (Å²) in [6.07, 6.45) is 2.05. The van der Waals surface area contributed by atoms with Gasteiger partial charge in [0.25, 0.3) is 5.91 Å². The molecule has 1 unspecified atom stereocenters. The summed E-state index contributed by atoms with van der Waals surface area (Å²) in [5.74, 6) is -0.571. The number of benzene rings is 2. The van der Waals surface area contributed by atoms with Crippen molar-refractivity contribution in [1.82, 2.24) is 0 Å². The normalized spacial score (nSPS) is 11.7. The van der Waals surface area contributed by atoms with E-state index < -0.39 is 5.97 Å². The minimum atomic E-state index is -0.432. The number of amides is 1. The third kappa shape index (κ3) is 5.89. The number of rotatable bonds is 8. The Balaban J connectivity index is 1.94. The van der Waals surface area contributed by atoms with Gasteiger partial charge < -0.3 is 15.0 Å². The topological polar surface area (TPSA) is 59.8 Å². The van der Waals surface area contributed by atoms with Crippen molar-refractivity contribution in [3.05, 3.63) is 59.7 Å². The van der Waals surface area contributed by atoms with Crippen molar-refractivity contribution in [2.24, 2.45) is 0 Å². The second-order valence-corrected chi connectivity index (χ2v) is 6.85. The summed E-state index contributed by atoms with van der Waals surface area (Å²) in [5, 5.41) is 2.82. The molecule has 0 heterocycles. The van der Waals surface area contributed by atoms with E-state index in [4.69, 9.17) is 4.74 Å². The minimum absolute atomic E-state index is 0.139. The average Bonchev–Trinajstić information content (AvgIpc) is 2.62. The van der Waals surface area contributed by atoms with Crippen molar-refractivity contribution >= 4 is 29.3 Å². The van der Waals surface area contributed by atoms with E-state index in [1.165, 1.54) is 10.5 Å². The molecule has 138 valence electrons. The van der Waals surface area contributed by atoms with Crippen LogP contribution in [-0.2, 0) is 16.1 Å². The molecule has 1 atom stereocenters. The predicted molar refractivity (Wildman–Crippen MR) is 105 cm³/mol. The van der Waals surface area contributed by atoms with Gasteiger partial charge in [-0.2, -0.15) is 0 Å². The van der Waals surface area contributed by atoms with Crippen molar-refractivity contribution in [2.45, 2.75) is 18.4 Å². The van der Waals surface area contributed by atoms with Crippen molar-refractivity contribution < 1.29 is 19.2 Å². The number of quaternary nitrogens is 1. The van der Waals surface area contributed by atoms with Crippen LogP contribution in [0.2, 0.25) is 0 Å². The molecule has 0 fully saturated rings. The summed E-state index contributed by atoms with van der Waals surface area (Å²) in [7, 11) is 1.97. The second kappa shape index (κ2) is 9.99. The molecule has 0 saturated heterocycles. The third-order valence-corrected chi connectivity index (χ3v) is 4.57. The number of thioether (sulfide) groups is 1. The molecule has 5 nitrogen and oxygen atoms in total. The highest BCUT2D eigenvalue weighted by atomic mass is 32.2. The van der Waals surface area contributed by atoms with Crippen molar-refractivity contribution in [2.75, 3.05) is 31.8 Å². The van der Waals surface area contributed by atoms with Crippen LogP contribution in [0.15, 0.2) is 53.4 Å². The molecule has 1 amide bonds. The zero-order chi connectivity index (χ0) is 18.9. The molecular formula is C20H25N2O3S+. The van der Waals surface area contributed by atoms with Gasteiger partial charge in [0.15, 0.2) is 6.54 Å². The zero-order valence-electron chi connectivity index (χ0n) is 15.4. The van der Waals surface area contributed by atoms with Crippen LogP contribution >= 0.6 is 11.8 Å². The SMILES string of the molecule is CCOC(=O)c1ccccc1NC(=O)C[NH+](C)Cc1ccc(SC)cc1. The number of likely N-dealkylation sites (N-methyl/N-ethyl adjacent to an activating group) is 1. The summed E-state index contributed by atoms with van der Waals surface area (Å²) in [6.45, 7) is 3.11. The molecule has 0 saturated carbocycles. The lowest BCUT2D eigenvalue weighted by Crippen LogP contribution is -3.08. The Hall–Kier alpha value is -2.31. The Morgan fingerprint density at radius 1 is 1.12 bits per heavy atom.